The minimum atomic E-state index is -3.42. The van der Waals surface area contributed by atoms with E-state index < -0.39 is 15.7 Å². The smallest absolute Gasteiger partial charge is 0.280 e. The zero-order chi connectivity index (χ0) is 12.5. The van der Waals surface area contributed by atoms with Crippen LogP contribution < -0.4 is 4.72 Å². The molecule has 1 aliphatic carbocycles. The summed E-state index contributed by atoms with van der Waals surface area (Å²) in [6.07, 6.45) is 4.49. The Morgan fingerprint density at radius 2 is 2.12 bits per heavy atom. The number of piperidine rings is 1. The van der Waals surface area contributed by atoms with Crippen LogP contribution in [0.25, 0.3) is 0 Å². The molecule has 0 radical (unpaired) electrons. The van der Waals surface area contributed by atoms with E-state index in [-0.39, 0.29) is 6.61 Å². The summed E-state index contributed by atoms with van der Waals surface area (Å²) < 4.78 is 28.6. The SMILES string of the molecule is CC1CCCN(S(=O)(=O)NC2(CO)CCC2)C1. The Morgan fingerprint density at radius 1 is 1.41 bits per heavy atom. The number of aliphatic hydroxyl groups is 1. The van der Waals surface area contributed by atoms with Gasteiger partial charge in [-0.1, -0.05) is 6.92 Å². The fourth-order valence-corrected chi connectivity index (χ4v) is 4.36. The maximum atomic E-state index is 12.2. The van der Waals surface area contributed by atoms with Crippen LogP contribution in [-0.4, -0.2) is 43.1 Å². The van der Waals surface area contributed by atoms with E-state index in [0.29, 0.717) is 19.0 Å². The van der Waals surface area contributed by atoms with Crippen molar-refractivity contribution in [3.63, 3.8) is 0 Å². The maximum absolute atomic E-state index is 12.2. The zero-order valence-electron chi connectivity index (χ0n) is 10.4. The quantitative estimate of drug-likeness (QED) is 0.773. The molecule has 100 valence electrons. The number of aliphatic hydroxyl groups excluding tert-OH is 1. The molecular weight excluding hydrogens is 240 g/mol. The molecule has 6 heteroatoms. The van der Waals surface area contributed by atoms with Gasteiger partial charge in [-0.15, -0.1) is 0 Å². The minimum absolute atomic E-state index is 0.102. The van der Waals surface area contributed by atoms with Gasteiger partial charge in [-0.2, -0.15) is 17.4 Å². The third-order valence-corrected chi connectivity index (χ3v) is 5.62. The third kappa shape index (κ3) is 2.81. The zero-order valence-corrected chi connectivity index (χ0v) is 11.2. The molecule has 0 aromatic heterocycles. The van der Waals surface area contributed by atoms with Crippen LogP contribution >= 0.6 is 0 Å². The molecule has 1 aliphatic heterocycles. The van der Waals surface area contributed by atoms with E-state index in [0.717, 1.165) is 32.1 Å². The second-order valence-corrected chi connectivity index (χ2v) is 7.18. The molecule has 1 heterocycles. The average Bonchev–Trinajstić information content (AvgIpc) is 2.24. The van der Waals surface area contributed by atoms with Crippen molar-refractivity contribution in [3.8, 4) is 0 Å². The summed E-state index contributed by atoms with van der Waals surface area (Å²) in [5.74, 6) is 0.423. The fraction of sp³-hybridized carbons (Fsp3) is 1.00. The molecule has 2 fully saturated rings. The summed E-state index contributed by atoms with van der Waals surface area (Å²) in [4.78, 5) is 0. The predicted octanol–water partition coefficient (Wildman–Crippen LogP) is 0.468. The van der Waals surface area contributed by atoms with Crippen molar-refractivity contribution in [1.29, 1.82) is 0 Å². The molecule has 2 N–H and O–H groups in total. The van der Waals surface area contributed by atoms with Gasteiger partial charge in [0.25, 0.3) is 10.2 Å². The molecular formula is C11H22N2O3S. The van der Waals surface area contributed by atoms with Gasteiger partial charge in [-0.05, 0) is 38.0 Å². The van der Waals surface area contributed by atoms with Gasteiger partial charge in [0, 0.05) is 13.1 Å². The van der Waals surface area contributed by atoms with E-state index in [2.05, 4.69) is 11.6 Å². The number of rotatable bonds is 4. The Balaban J connectivity index is 2.02. The highest BCUT2D eigenvalue weighted by Gasteiger charge is 2.42. The van der Waals surface area contributed by atoms with Gasteiger partial charge in [-0.25, -0.2) is 0 Å². The molecule has 0 aromatic rings. The highest BCUT2D eigenvalue weighted by molar-refractivity contribution is 7.87. The summed E-state index contributed by atoms with van der Waals surface area (Å²) in [6, 6.07) is 0. The Morgan fingerprint density at radius 3 is 2.59 bits per heavy atom. The van der Waals surface area contributed by atoms with Gasteiger partial charge >= 0.3 is 0 Å². The summed E-state index contributed by atoms with van der Waals surface area (Å²) in [5, 5.41) is 9.30. The predicted molar refractivity (Wildman–Crippen MR) is 65.7 cm³/mol. The van der Waals surface area contributed by atoms with Crippen LogP contribution in [0.15, 0.2) is 0 Å². The van der Waals surface area contributed by atoms with Gasteiger partial charge < -0.3 is 5.11 Å². The molecule has 1 saturated heterocycles. The normalized spacial score (nSPS) is 29.9. The van der Waals surface area contributed by atoms with Gasteiger partial charge in [-0.3, -0.25) is 0 Å². The molecule has 2 aliphatic rings. The molecule has 1 unspecified atom stereocenters. The Bertz CT molecular complexity index is 359. The van der Waals surface area contributed by atoms with Crippen molar-refractivity contribution in [2.75, 3.05) is 19.7 Å². The van der Waals surface area contributed by atoms with E-state index in [1.54, 1.807) is 0 Å². The van der Waals surface area contributed by atoms with E-state index >= 15 is 0 Å². The Kier molecular flexibility index (Phi) is 3.77. The lowest BCUT2D eigenvalue weighted by Crippen LogP contribution is -2.60. The van der Waals surface area contributed by atoms with Crippen molar-refractivity contribution in [3.05, 3.63) is 0 Å². The number of hydrogen-bond donors (Lipinski definition) is 2. The number of nitrogens with one attached hydrogen (secondary N) is 1. The topological polar surface area (TPSA) is 69.6 Å². The lowest BCUT2D eigenvalue weighted by atomic mass is 9.78. The molecule has 2 rings (SSSR count). The molecule has 0 amide bonds. The fourth-order valence-electron chi connectivity index (χ4n) is 2.60. The van der Waals surface area contributed by atoms with Crippen molar-refractivity contribution in [1.82, 2.24) is 9.03 Å². The van der Waals surface area contributed by atoms with Crippen LogP contribution in [0.3, 0.4) is 0 Å². The van der Waals surface area contributed by atoms with E-state index in [1.807, 2.05) is 0 Å². The number of nitrogens with zero attached hydrogens (tertiary/aromatic N) is 1. The minimum Gasteiger partial charge on any atom is -0.394 e. The van der Waals surface area contributed by atoms with Gasteiger partial charge in [0.1, 0.15) is 0 Å². The second kappa shape index (κ2) is 4.84. The van der Waals surface area contributed by atoms with Gasteiger partial charge in [0.15, 0.2) is 0 Å². The number of hydrogen-bond acceptors (Lipinski definition) is 3. The molecule has 0 bridgehead atoms. The van der Waals surface area contributed by atoms with Gasteiger partial charge in [0.05, 0.1) is 12.1 Å². The largest absolute Gasteiger partial charge is 0.394 e. The molecule has 1 atom stereocenters. The Labute approximate surface area is 103 Å². The summed E-state index contributed by atoms with van der Waals surface area (Å²) >= 11 is 0. The van der Waals surface area contributed by atoms with Crippen molar-refractivity contribution >= 4 is 10.2 Å². The highest BCUT2D eigenvalue weighted by Crippen LogP contribution is 2.32. The van der Waals surface area contributed by atoms with E-state index in [1.165, 1.54) is 4.31 Å². The lowest BCUT2D eigenvalue weighted by molar-refractivity contribution is 0.107. The summed E-state index contributed by atoms with van der Waals surface area (Å²) in [6.45, 7) is 3.17. The first kappa shape index (κ1) is 13.3. The molecule has 17 heavy (non-hydrogen) atoms. The first-order chi connectivity index (χ1) is 7.97. The molecule has 0 aromatic carbocycles. The first-order valence-electron chi connectivity index (χ1n) is 6.37. The van der Waals surface area contributed by atoms with Gasteiger partial charge in [0.2, 0.25) is 0 Å². The lowest BCUT2D eigenvalue weighted by Gasteiger charge is -2.42. The van der Waals surface area contributed by atoms with E-state index in [4.69, 9.17) is 0 Å². The molecule has 1 saturated carbocycles. The van der Waals surface area contributed by atoms with Crippen LogP contribution in [0, 0.1) is 5.92 Å². The average molecular weight is 262 g/mol. The summed E-state index contributed by atoms with van der Waals surface area (Å²) in [5.41, 5.74) is -0.584. The van der Waals surface area contributed by atoms with Crippen molar-refractivity contribution < 1.29 is 13.5 Å². The second-order valence-electron chi connectivity index (χ2n) is 5.50. The van der Waals surface area contributed by atoms with Crippen LogP contribution in [0.4, 0.5) is 0 Å². The standard InChI is InChI=1S/C11H22N2O3S/c1-10-4-2-7-13(8-10)17(15,16)12-11(9-14)5-3-6-11/h10,12,14H,2-9H2,1H3. The molecule has 5 nitrogen and oxygen atoms in total. The first-order valence-corrected chi connectivity index (χ1v) is 7.81. The van der Waals surface area contributed by atoms with Crippen LogP contribution in [0.2, 0.25) is 0 Å². The maximum Gasteiger partial charge on any atom is 0.280 e. The van der Waals surface area contributed by atoms with Crippen LogP contribution in [0.1, 0.15) is 39.0 Å². The Hall–Kier alpha value is -0.170. The third-order valence-electron chi connectivity index (χ3n) is 3.92. The monoisotopic (exact) mass is 262 g/mol. The van der Waals surface area contributed by atoms with Crippen molar-refractivity contribution in [2.45, 2.75) is 44.6 Å². The summed E-state index contributed by atoms with van der Waals surface area (Å²) in [7, 11) is -3.42. The van der Waals surface area contributed by atoms with E-state index in [9.17, 15) is 13.5 Å². The van der Waals surface area contributed by atoms with Crippen LogP contribution in [-0.2, 0) is 10.2 Å². The molecule has 0 spiro atoms. The van der Waals surface area contributed by atoms with Crippen LogP contribution in [0.5, 0.6) is 0 Å². The van der Waals surface area contributed by atoms with Crippen molar-refractivity contribution in [2.24, 2.45) is 5.92 Å². The highest BCUT2D eigenvalue weighted by atomic mass is 32.2.